The number of aromatic nitrogens is 2. The first kappa shape index (κ1) is 16.4. The lowest BCUT2D eigenvalue weighted by Gasteiger charge is -2.34. The van der Waals surface area contributed by atoms with Gasteiger partial charge in [0.15, 0.2) is 17.4 Å². The molecule has 1 aromatic carbocycles. The first-order valence-electron chi connectivity index (χ1n) is 7.61. The molecule has 6 nitrogen and oxygen atoms in total. The summed E-state index contributed by atoms with van der Waals surface area (Å²) in [5, 5.41) is 9.11. The second kappa shape index (κ2) is 6.56. The molecule has 1 aromatic heterocycles. The van der Waals surface area contributed by atoms with Crippen LogP contribution in [0.15, 0.2) is 24.5 Å². The molecule has 0 radical (unpaired) electrons. The van der Waals surface area contributed by atoms with E-state index < -0.39 is 23.3 Å². The van der Waals surface area contributed by atoms with E-state index in [1.54, 1.807) is 11.1 Å². The number of hydrogen-bond donors (Lipinski definition) is 1. The van der Waals surface area contributed by atoms with Crippen molar-refractivity contribution in [3.63, 3.8) is 0 Å². The van der Waals surface area contributed by atoms with Crippen LogP contribution in [0.4, 0.5) is 8.78 Å². The number of phenols is 1. The fraction of sp³-hybridized carbons (Fsp3) is 0.375. The zero-order valence-corrected chi connectivity index (χ0v) is 13.2. The summed E-state index contributed by atoms with van der Waals surface area (Å²) in [6.45, 7) is 2.93. The van der Waals surface area contributed by atoms with E-state index in [9.17, 15) is 13.6 Å². The summed E-state index contributed by atoms with van der Waals surface area (Å²) in [5.74, 6) is -2.83. The van der Waals surface area contributed by atoms with Crippen molar-refractivity contribution < 1.29 is 18.7 Å². The minimum absolute atomic E-state index is 0.0969. The third-order valence-electron chi connectivity index (χ3n) is 4.21. The molecule has 1 aliphatic heterocycles. The maximum Gasteiger partial charge on any atom is 0.254 e. The molecule has 0 atom stereocenters. The van der Waals surface area contributed by atoms with Crippen LogP contribution in [0.25, 0.3) is 0 Å². The molecule has 3 rings (SSSR count). The Morgan fingerprint density at radius 2 is 1.83 bits per heavy atom. The van der Waals surface area contributed by atoms with Gasteiger partial charge in [0.25, 0.3) is 5.91 Å². The molecule has 1 saturated heterocycles. The minimum atomic E-state index is -1.13. The van der Waals surface area contributed by atoms with Crippen LogP contribution in [-0.2, 0) is 13.6 Å². The summed E-state index contributed by atoms with van der Waals surface area (Å²) in [5.41, 5.74) is -0.0969. The van der Waals surface area contributed by atoms with Crippen LogP contribution in [0.3, 0.4) is 0 Å². The normalized spacial score (nSPS) is 15.7. The molecular weight excluding hydrogens is 318 g/mol. The van der Waals surface area contributed by atoms with Crippen LogP contribution < -0.4 is 0 Å². The van der Waals surface area contributed by atoms with E-state index >= 15 is 0 Å². The summed E-state index contributed by atoms with van der Waals surface area (Å²) >= 11 is 0. The molecule has 1 fully saturated rings. The number of piperazine rings is 1. The fourth-order valence-electron chi connectivity index (χ4n) is 2.73. The molecule has 0 bridgehead atoms. The highest BCUT2D eigenvalue weighted by Crippen LogP contribution is 2.22. The first-order valence-corrected chi connectivity index (χ1v) is 7.61. The number of halogens is 2. The standard InChI is InChI=1S/C16H18F2N4O2/c1-20-3-2-19-14(20)10-21-4-6-22(7-5-21)16(24)11-8-12(17)15(23)13(18)9-11/h2-3,8-9,23H,4-7,10H2,1H3. The number of phenolic OH excluding ortho intramolecular Hbond substituents is 1. The number of nitrogens with zero attached hydrogens (tertiary/aromatic N) is 4. The van der Waals surface area contributed by atoms with Crippen molar-refractivity contribution in [1.82, 2.24) is 19.4 Å². The van der Waals surface area contributed by atoms with E-state index in [1.165, 1.54) is 0 Å². The Morgan fingerprint density at radius 1 is 1.21 bits per heavy atom. The molecule has 0 saturated carbocycles. The summed E-state index contributed by atoms with van der Waals surface area (Å²) in [6.07, 6.45) is 3.62. The Balaban J connectivity index is 1.62. The number of benzene rings is 1. The highest BCUT2D eigenvalue weighted by Gasteiger charge is 2.24. The number of aromatic hydroxyl groups is 1. The van der Waals surface area contributed by atoms with E-state index in [4.69, 9.17) is 5.11 Å². The molecule has 0 aliphatic carbocycles. The predicted molar refractivity (Wildman–Crippen MR) is 82.4 cm³/mol. The first-order chi connectivity index (χ1) is 11.5. The maximum absolute atomic E-state index is 13.4. The third-order valence-corrected chi connectivity index (χ3v) is 4.21. The number of imidazole rings is 1. The molecule has 128 valence electrons. The van der Waals surface area contributed by atoms with Gasteiger partial charge in [-0.15, -0.1) is 0 Å². The van der Waals surface area contributed by atoms with Crippen molar-refractivity contribution >= 4 is 5.91 Å². The van der Waals surface area contributed by atoms with E-state index in [0.29, 0.717) is 32.7 Å². The van der Waals surface area contributed by atoms with Gasteiger partial charge in [-0.3, -0.25) is 9.69 Å². The summed E-state index contributed by atoms with van der Waals surface area (Å²) in [6, 6.07) is 1.72. The summed E-state index contributed by atoms with van der Waals surface area (Å²) in [7, 11) is 1.93. The zero-order chi connectivity index (χ0) is 17.3. The number of rotatable bonds is 3. The lowest BCUT2D eigenvalue weighted by Crippen LogP contribution is -2.48. The predicted octanol–water partition coefficient (Wildman–Crippen LogP) is 1.36. The van der Waals surface area contributed by atoms with E-state index in [0.717, 1.165) is 18.0 Å². The Labute approximate surface area is 137 Å². The van der Waals surface area contributed by atoms with Gasteiger partial charge in [-0.25, -0.2) is 13.8 Å². The quantitative estimate of drug-likeness (QED) is 0.919. The number of carbonyl (C=O) groups is 1. The smallest absolute Gasteiger partial charge is 0.254 e. The number of amides is 1. The lowest BCUT2D eigenvalue weighted by atomic mass is 10.1. The molecule has 2 heterocycles. The van der Waals surface area contributed by atoms with Crippen molar-refractivity contribution in [2.75, 3.05) is 26.2 Å². The van der Waals surface area contributed by atoms with Gasteiger partial charge in [0.2, 0.25) is 0 Å². The van der Waals surface area contributed by atoms with Gasteiger partial charge in [-0.1, -0.05) is 0 Å². The molecule has 2 aromatic rings. The summed E-state index contributed by atoms with van der Waals surface area (Å²) in [4.78, 5) is 20.4. The Hall–Kier alpha value is -2.48. The Kier molecular flexibility index (Phi) is 4.48. The van der Waals surface area contributed by atoms with Gasteiger partial charge >= 0.3 is 0 Å². The van der Waals surface area contributed by atoms with E-state index in [-0.39, 0.29) is 5.56 Å². The monoisotopic (exact) mass is 336 g/mol. The average molecular weight is 336 g/mol. The average Bonchev–Trinajstić information content (AvgIpc) is 2.97. The third kappa shape index (κ3) is 3.23. The second-order valence-electron chi connectivity index (χ2n) is 5.81. The zero-order valence-electron chi connectivity index (χ0n) is 13.2. The van der Waals surface area contributed by atoms with Crippen LogP contribution >= 0.6 is 0 Å². The number of hydrogen-bond acceptors (Lipinski definition) is 4. The van der Waals surface area contributed by atoms with Crippen LogP contribution in [0.2, 0.25) is 0 Å². The molecule has 0 spiro atoms. The molecule has 8 heteroatoms. The molecule has 1 N–H and O–H groups in total. The van der Waals surface area contributed by atoms with Gasteiger partial charge in [0.05, 0.1) is 6.54 Å². The van der Waals surface area contributed by atoms with Crippen LogP contribution in [0.1, 0.15) is 16.2 Å². The molecule has 1 aliphatic rings. The molecular formula is C16H18F2N4O2. The van der Waals surface area contributed by atoms with Gasteiger partial charge in [0, 0.05) is 51.2 Å². The van der Waals surface area contributed by atoms with Crippen molar-refractivity contribution in [3.05, 3.63) is 47.5 Å². The maximum atomic E-state index is 13.4. The van der Waals surface area contributed by atoms with Crippen molar-refractivity contribution in [3.8, 4) is 5.75 Å². The van der Waals surface area contributed by atoms with Gasteiger partial charge < -0.3 is 14.6 Å². The SMILES string of the molecule is Cn1ccnc1CN1CCN(C(=O)c2cc(F)c(O)c(F)c2)CC1. The van der Waals surface area contributed by atoms with Gasteiger partial charge in [-0.2, -0.15) is 0 Å². The fourth-order valence-corrected chi connectivity index (χ4v) is 2.73. The van der Waals surface area contributed by atoms with Crippen molar-refractivity contribution in [2.24, 2.45) is 7.05 Å². The minimum Gasteiger partial charge on any atom is -0.503 e. The largest absolute Gasteiger partial charge is 0.503 e. The van der Waals surface area contributed by atoms with Crippen molar-refractivity contribution in [1.29, 1.82) is 0 Å². The van der Waals surface area contributed by atoms with Crippen LogP contribution in [-0.4, -0.2) is 56.5 Å². The highest BCUT2D eigenvalue weighted by molar-refractivity contribution is 5.94. The second-order valence-corrected chi connectivity index (χ2v) is 5.81. The van der Waals surface area contributed by atoms with Crippen LogP contribution in [0.5, 0.6) is 5.75 Å². The lowest BCUT2D eigenvalue weighted by molar-refractivity contribution is 0.0623. The topological polar surface area (TPSA) is 61.6 Å². The van der Waals surface area contributed by atoms with Gasteiger partial charge in [0.1, 0.15) is 5.82 Å². The van der Waals surface area contributed by atoms with Gasteiger partial charge in [-0.05, 0) is 12.1 Å². The van der Waals surface area contributed by atoms with Crippen molar-refractivity contribution in [2.45, 2.75) is 6.54 Å². The highest BCUT2D eigenvalue weighted by atomic mass is 19.1. The number of aryl methyl sites for hydroxylation is 1. The number of carbonyl (C=O) groups excluding carboxylic acids is 1. The molecule has 1 amide bonds. The Morgan fingerprint density at radius 3 is 2.38 bits per heavy atom. The molecule has 24 heavy (non-hydrogen) atoms. The van der Waals surface area contributed by atoms with E-state index in [1.807, 2.05) is 17.8 Å². The molecule has 0 unspecified atom stereocenters. The van der Waals surface area contributed by atoms with Crippen LogP contribution in [0, 0.1) is 11.6 Å². The van der Waals surface area contributed by atoms with E-state index in [2.05, 4.69) is 9.88 Å². The Bertz CT molecular complexity index is 731. The summed E-state index contributed by atoms with van der Waals surface area (Å²) < 4.78 is 28.7.